The Labute approximate surface area is 54.3 Å². The second-order valence-corrected chi connectivity index (χ2v) is 1.28. The van der Waals surface area contributed by atoms with Gasteiger partial charge in [-0.1, -0.05) is 12.7 Å². The Hall–Kier alpha value is -0.990. The van der Waals surface area contributed by atoms with E-state index in [0.29, 0.717) is 6.61 Å². The molecule has 3 nitrogen and oxygen atoms in total. The Morgan fingerprint density at radius 3 is 2.78 bits per heavy atom. The van der Waals surface area contributed by atoms with E-state index in [1.54, 1.807) is 6.92 Å². The van der Waals surface area contributed by atoms with Crippen molar-refractivity contribution in [2.75, 3.05) is 13.2 Å². The molecule has 0 N–H and O–H groups in total. The SMILES string of the molecule is C=CCOC(=O)OCC. The number of hydrogen-bond acceptors (Lipinski definition) is 3. The molecule has 0 aromatic heterocycles. The highest BCUT2D eigenvalue weighted by Crippen LogP contribution is 1.83. The fourth-order valence-corrected chi connectivity index (χ4v) is 0.286. The highest BCUT2D eigenvalue weighted by Gasteiger charge is 1.96. The molecule has 0 saturated heterocycles. The van der Waals surface area contributed by atoms with E-state index in [2.05, 4.69) is 16.1 Å². The predicted molar refractivity (Wildman–Crippen MR) is 33.2 cm³/mol. The molecule has 0 rings (SSSR count). The van der Waals surface area contributed by atoms with Crippen LogP contribution in [0.2, 0.25) is 0 Å². The molecule has 0 aliphatic heterocycles. The topological polar surface area (TPSA) is 35.5 Å². The maximum Gasteiger partial charge on any atom is 0.508 e. The lowest BCUT2D eigenvalue weighted by atomic mass is 10.7. The van der Waals surface area contributed by atoms with Crippen molar-refractivity contribution in [3.05, 3.63) is 12.7 Å². The molecule has 0 atom stereocenters. The van der Waals surface area contributed by atoms with Crippen molar-refractivity contribution >= 4 is 6.16 Å². The van der Waals surface area contributed by atoms with E-state index < -0.39 is 6.16 Å². The number of ether oxygens (including phenoxy) is 2. The van der Waals surface area contributed by atoms with Gasteiger partial charge in [-0.25, -0.2) is 4.79 Å². The molecule has 0 spiro atoms. The van der Waals surface area contributed by atoms with E-state index in [1.807, 2.05) is 0 Å². The molecular weight excluding hydrogens is 120 g/mol. The summed E-state index contributed by atoms with van der Waals surface area (Å²) in [6.45, 7) is 5.63. The number of carbonyl (C=O) groups is 1. The third kappa shape index (κ3) is 4.87. The van der Waals surface area contributed by atoms with Crippen molar-refractivity contribution in [2.45, 2.75) is 6.92 Å². The minimum Gasteiger partial charge on any atom is -0.435 e. The van der Waals surface area contributed by atoms with Gasteiger partial charge in [0.05, 0.1) is 6.61 Å². The molecule has 0 unspecified atom stereocenters. The second-order valence-electron chi connectivity index (χ2n) is 1.28. The first kappa shape index (κ1) is 8.01. The highest BCUT2D eigenvalue weighted by molar-refractivity contribution is 5.59. The zero-order valence-electron chi connectivity index (χ0n) is 5.42. The van der Waals surface area contributed by atoms with Gasteiger partial charge in [-0.3, -0.25) is 0 Å². The minimum atomic E-state index is -0.641. The summed E-state index contributed by atoms with van der Waals surface area (Å²) < 4.78 is 8.89. The largest absolute Gasteiger partial charge is 0.508 e. The van der Waals surface area contributed by atoms with Gasteiger partial charge in [0, 0.05) is 0 Å². The maximum atomic E-state index is 10.3. The molecule has 52 valence electrons. The zero-order valence-corrected chi connectivity index (χ0v) is 5.42. The molecule has 0 aliphatic rings. The van der Waals surface area contributed by atoms with Gasteiger partial charge in [-0.05, 0) is 6.92 Å². The normalized spacial score (nSPS) is 8.11. The first-order valence-corrected chi connectivity index (χ1v) is 2.71. The maximum absolute atomic E-state index is 10.3. The van der Waals surface area contributed by atoms with Gasteiger partial charge in [0.15, 0.2) is 0 Å². The summed E-state index contributed by atoms with van der Waals surface area (Å²) in [6.07, 6.45) is 0.842. The molecule has 0 heterocycles. The molecule has 0 aromatic rings. The van der Waals surface area contributed by atoms with Crippen LogP contribution >= 0.6 is 0 Å². The number of hydrogen-bond donors (Lipinski definition) is 0. The summed E-state index contributed by atoms with van der Waals surface area (Å²) in [4.78, 5) is 10.3. The number of rotatable bonds is 3. The molecule has 0 bridgehead atoms. The molecule has 0 saturated carbocycles. The quantitative estimate of drug-likeness (QED) is 0.427. The fourth-order valence-electron chi connectivity index (χ4n) is 0.286. The van der Waals surface area contributed by atoms with Crippen LogP contribution in [0.4, 0.5) is 4.79 Å². The molecule has 0 aliphatic carbocycles. The van der Waals surface area contributed by atoms with E-state index in [1.165, 1.54) is 6.08 Å². The molecule has 0 radical (unpaired) electrons. The van der Waals surface area contributed by atoms with Gasteiger partial charge >= 0.3 is 6.16 Å². The van der Waals surface area contributed by atoms with Crippen molar-refractivity contribution in [3.63, 3.8) is 0 Å². The lowest BCUT2D eigenvalue weighted by Crippen LogP contribution is -2.06. The average molecular weight is 130 g/mol. The lowest BCUT2D eigenvalue weighted by Gasteiger charge is -1.99. The first-order valence-electron chi connectivity index (χ1n) is 2.71. The third-order valence-electron chi connectivity index (χ3n) is 0.581. The van der Waals surface area contributed by atoms with E-state index in [-0.39, 0.29) is 6.61 Å². The Balaban J connectivity index is 3.16. The van der Waals surface area contributed by atoms with Crippen LogP contribution < -0.4 is 0 Å². The van der Waals surface area contributed by atoms with Gasteiger partial charge in [-0.15, -0.1) is 0 Å². The third-order valence-corrected chi connectivity index (χ3v) is 0.581. The van der Waals surface area contributed by atoms with Crippen LogP contribution in [0.1, 0.15) is 6.92 Å². The molecule has 3 heteroatoms. The van der Waals surface area contributed by atoms with E-state index in [4.69, 9.17) is 0 Å². The van der Waals surface area contributed by atoms with Crippen molar-refractivity contribution in [1.82, 2.24) is 0 Å². The highest BCUT2D eigenvalue weighted by atomic mass is 16.7. The summed E-state index contributed by atoms with van der Waals surface area (Å²) in [7, 11) is 0. The summed E-state index contributed by atoms with van der Waals surface area (Å²) in [6, 6.07) is 0. The van der Waals surface area contributed by atoms with Crippen LogP contribution in [0.3, 0.4) is 0 Å². The van der Waals surface area contributed by atoms with Crippen LogP contribution in [0.25, 0.3) is 0 Å². The monoisotopic (exact) mass is 130 g/mol. The van der Waals surface area contributed by atoms with Gasteiger partial charge in [0.2, 0.25) is 0 Å². The first-order chi connectivity index (χ1) is 4.31. The van der Waals surface area contributed by atoms with Crippen LogP contribution in [-0.2, 0) is 9.47 Å². The average Bonchev–Trinajstić information content (AvgIpc) is 1.85. The Kier molecular flexibility index (Phi) is 4.59. The van der Waals surface area contributed by atoms with Crippen LogP contribution in [0.5, 0.6) is 0 Å². The Morgan fingerprint density at radius 2 is 2.33 bits per heavy atom. The Bertz CT molecular complexity index is 98.5. The number of carbonyl (C=O) groups excluding carboxylic acids is 1. The van der Waals surface area contributed by atoms with Crippen molar-refractivity contribution < 1.29 is 14.3 Å². The second kappa shape index (κ2) is 5.15. The van der Waals surface area contributed by atoms with Gasteiger partial charge in [-0.2, -0.15) is 0 Å². The molecule has 0 amide bonds. The standard InChI is InChI=1S/C6H10O3/c1-3-5-9-6(7)8-4-2/h3H,1,4-5H2,2H3. The summed E-state index contributed by atoms with van der Waals surface area (Å²) in [5.41, 5.74) is 0. The zero-order chi connectivity index (χ0) is 7.11. The molecule has 0 aromatic carbocycles. The molecule has 0 fully saturated rings. The van der Waals surface area contributed by atoms with Crippen molar-refractivity contribution in [2.24, 2.45) is 0 Å². The Morgan fingerprint density at radius 1 is 1.67 bits per heavy atom. The van der Waals surface area contributed by atoms with Gasteiger partial charge in [0.1, 0.15) is 6.61 Å². The van der Waals surface area contributed by atoms with Crippen LogP contribution in [0, 0.1) is 0 Å². The van der Waals surface area contributed by atoms with Crippen LogP contribution in [0.15, 0.2) is 12.7 Å². The van der Waals surface area contributed by atoms with Crippen molar-refractivity contribution in [3.8, 4) is 0 Å². The summed E-state index contributed by atoms with van der Waals surface area (Å²) in [5.74, 6) is 0. The molecular formula is C6H10O3. The summed E-state index contributed by atoms with van der Waals surface area (Å²) in [5, 5.41) is 0. The van der Waals surface area contributed by atoms with Crippen molar-refractivity contribution in [1.29, 1.82) is 0 Å². The summed E-state index contributed by atoms with van der Waals surface area (Å²) >= 11 is 0. The van der Waals surface area contributed by atoms with Gasteiger partial charge in [0.25, 0.3) is 0 Å². The van der Waals surface area contributed by atoms with E-state index >= 15 is 0 Å². The van der Waals surface area contributed by atoms with E-state index in [9.17, 15) is 4.79 Å². The lowest BCUT2D eigenvalue weighted by molar-refractivity contribution is 0.0674. The predicted octanol–water partition coefficient (Wildman–Crippen LogP) is 1.35. The van der Waals surface area contributed by atoms with Gasteiger partial charge < -0.3 is 9.47 Å². The van der Waals surface area contributed by atoms with E-state index in [0.717, 1.165) is 0 Å². The minimum absolute atomic E-state index is 0.207. The fraction of sp³-hybridized carbons (Fsp3) is 0.500. The van der Waals surface area contributed by atoms with Crippen LogP contribution in [-0.4, -0.2) is 19.4 Å². The smallest absolute Gasteiger partial charge is 0.435 e. The molecule has 9 heavy (non-hydrogen) atoms.